The molecule has 2 heterocycles. The maximum absolute atomic E-state index is 14.2. The van der Waals surface area contributed by atoms with Crippen LogP contribution in [-0.4, -0.2) is 47.8 Å². The maximum Gasteiger partial charge on any atom is 0.230 e. The molecule has 2 aromatic rings. The molecule has 0 unspecified atom stereocenters. The molecule has 1 N–H and O–H groups in total. The number of hydrogen-bond acceptors (Lipinski definition) is 5. The normalized spacial score (nSPS) is 24.6. The van der Waals surface area contributed by atoms with E-state index in [4.69, 9.17) is 23.2 Å². The summed E-state index contributed by atoms with van der Waals surface area (Å²) in [6, 6.07) is 8.47. The number of carbonyl (C=O) groups excluding carboxylic acids is 2. The van der Waals surface area contributed by atoms with Gasteiger partial charge < -0.3 is 4.90 Å². The number of aromatic nitrogens is 1. The summed E-state index contributed by atoms with van der Waals surface area (Å²) in [4.78, 5) is 32.5. The standard InChI is InChI=1S/C26H29Cl2N3O4S/c1-2-20(15-30-36(34,35)22-7-8-22)31-24(16-3-5-18(27)6-4-16)23(17-9-19(28)14-29-13-17)12-26(25(31)33)10-21(32)11-26/h3-6,9,13-14,20,22-24,30H,2,7-8,10-12,15H2,1H3/t20-,23+,24+/m0/s1. The van der Waals surface area contributed by atoms with Crippen LogP contribution < -0.4 is 4.72 Å². The van der Waals surface area contributed by atoms with E-state index >= 15 is 0 Å². The van der Waals surface area contributed by atoms with Crippen LogP contribution >= 0.6 is 23.2 Å². The molecule has 3 atom stereocenters. The number of amides is 1. The summed E-state index contributed by atoms with van der Waals surface area (Å²) < 4.78 is 28.0. The van der Waals surface area contributed by atoms with Gasteiger partial charge in [-0.25, -0.2) is 13.1 Å². The lowest BCUT2D eigenvalue weighted by Gasteiger charge is -2.55. The molecule has 10 heteroatoms. The van der Waals surface area contributed by atoms with Gasteiger partial charge in [0.2, 0.25) is 15.9 Å². The van der Waals surface area contributed by atoms with Crippen LogP contribution in [0.3, 0.4) is 0 Å². The SMILES string of the molecule is CC[C@@H](CNS(=O)(=O)C1CC1)N1C(=O)C2(CC(=O)C2)C[C@H](c2cncc(Cl)c2)[C@H]1c1ccc(Cl)cc1. The first-order valence-electron chi connectivity index (χ1n) is 12.3. The van der Waals surface area contributed by atoms with E-state index in [0.29, 0.717) is 35.7 Å². The molecule has 1 aromatic heterocycles. The highest BCUT2D eigenvalue weighted by molar-refractivity contribution is 7.90. The number of rotatable bonds is 8. The monoisotopic (exact) mass is 549 g/mol. The molecule has 0 bridgehead atoms. The summed E-state index contributed by atoms with van der Waals surface area (Å²) in [5.41, 5.74) is 0.976. The number of carbonyl (C=O) groups is 2. The van der Waals surface area contributed by atoms with Gasteiger partial charge in [-0.15, -0.1) is 0 Å². The van der Waals surface area contributed by atoms with E-state index in [2.05, 4.69) is 9.71 Å². The van der Waals surface area contributed by atoms with Gasteiger partial charge >= 0.3 is 0 Å². The molecule has 1 saturated heterocycles. The van der Waals surface area contributed by atoms with Gasteiger partial charge in [0, 0.05) is 48.8 Å². The summed E-state index contributed by atoms with van der Waals surface area (Å²) in [6.45, 7) is 2.07. The summed E-state index contributed by atoms with van der Waals surface area (Å²) in [5.74, 6) is -0.207. The molecule has 2 saturated carbocycles. The van der Waals surface area contributed by atoms with Gasteiger partial charge in [-0.05, 0) is 55.0 Å². The Labute approximate surface area is 221 Å². The van der Waals surface area contributed by atoms with Gasteiger partial charge in [0.15, 0.2) is 0 Å². The Morgan fingerprint density at radius 2 is 1.78 bits per heavy atom. The van der Waals surface area contributed by atoms with Crippen LogP contribution in [0.4, 0.5) is 0 Å². The van der Waals surface area contributed by atoms with Crippen molar-refractivity contribution in [3.8, 4) is 0 Å². The number of hydrogen-bond donors (Lipinski definition) is 1. The highest BCUT2D eigenvalue weighted by Crippen LogP contribution is 2.57. The predicted molar refractivity (Wildman–Crippen MR) is 138 cm³/mol. The molecule has 0 radical (unpaired) electrons. The van der Waals surface area contributed by atoms with Crippen molar-refractivity contribution in [2.75, 3.05) is 6.54 Å². The highest BCUT2D eigenvalue weighted by Gasteiger charge is 2.59. The molecule has 5 rings (SSSR count). The fourth-order valence-electron chi connectivity index (χ4n) is 5.74. The Hall–Kier alpha value is -2.00. The van der Waals surface area contributed by atoms with Crippen LogP contribution in [0.2, 0.25) is 10.0 Å². The lowest BCUT2D eigenvalue weighted by atomic mass is 9.57. The van der Waals surface area contributed by atoms with Crippen LogP contribution in [0.15, 0.2) is 42.7 Å². The molecular weight excluding hydrogens is 521 g/mol. The van der Waals surface area contributed by atoms with Crippen LogP contribution in [-0.2, 0) is 19.6 Å². The first-order valence-corrected chi connectivity index (χ1v) is 14.6. The highest BCUT2D eigenvalue weighted by atomic mass is 35.5. The molecule has 1 amide bonds. The first kappa shape index (κ1) is 25.6. The van der Waals surface area contributed by atoms with Gasteiger partial charge in [0.25, 0.3) is 0 Å². The van der Waals surface area contributed by atoms with E-state index in [-0.39, 0.29) is 42.2 Å². The van der Waals surface area contributed by atoms with Crippen molar-refractivity contribution < 1.29 is 18.0 Å². The number of piperidine rings is 1. The molecule has 7 nitrogen and oxygen atoms in total. The van der Waals surface area contributed by atoms with Crippen molar-refractivity contribution in [2.45, 2.75) is 68.7 Å². The van der Waals surface area contributed by atoms with E-state index in [1.807, 2.05) is 30.0 Å². The molecular formula is C26H29Cl2N3O4S. The van der Waals surface area contributed by atoms with Gasteiger partial charge in [-0.3, -0.25) is 14.6 Å². The quantitative estimate of drug-likeness (QED) is 0.516. The second-order valence-corrected chi connectivity index (χ2v) is 13.2. The second kappa shape index (κ2) is 9.71. The zero-order chi connectivity index (χ0) is 25.7. The van der Waals surface area contributed by atoms with E-state index in [1.165, 1.54) is 0 Å². The summed E-state index contributed by atoms with van der Waals surface area (Å²) in [7, 11) is -3.42. The molecule has 3 aliphatic rings. The third-order valence-corrected chi connectivity index (χ3v) is 10.1. The summed E-state index contributed by atoms with van der Waals surface area (Å²) in [6.07, 6.45) is 6.10. The molecule has 1 aromatic carbocycles. The molecule has 36 heavy (non-hydrogen) atoms. The topological polar surface area (TPSA) is 96.4 Å². The van der Waals surface area contributed by atoms with Crippen molar-refractivity contribution in [2.24, 2.45) is 5.41 Å². The predicted octanol–water partition coefficient (Wildman–Crippen LogP) is 4.66. The van der Waals surface area contributed by atoms with Crippen LogP contribution in [0.25, 0.3) is 0 Å². The number of benzene rings is 1. The number of Topliss-reactive ketones (excluding diaryl/α,β-unsaturated/α-hetero) is 1. The third kappa shape index (κ3) is 4.80. The molecule has 1 aliphatic heterocycles. The minimum absolute atomic E-state index is 0.0682. The Morgan fingerprint density at radius 3 is 2.36 bits per heavy atom. The van der Waals surface area contributed by atoms with Crippen LogP contribution in [0.1, 0.15) is 68.5 Å². The van der Waals surface area contributed by atoms with Crippen molar-refractivity contribution in [1.29, 1.82) is 0 Å². The van der Waals surface area contributed by atoms with Gasteiger partial charge in [-0.2, -0.15) is 0 Å². The van der Waals surface area contributed by atoms with Gasteiger partial charge in [0.1, 0.15) is 5.78 Å². The zero-order valence-corrected chi connectivity index (χ0v) is 22.3. The zero-order valence-electron chi connectivity index (χ0n) is 20.0. The van der Waals surface area contributed by atoms with Crippen molar-refractivity contribution >= 4 is 44.9 Å². The van der Waals surface area contributed by atoms with E-state index in [9.17, 15) is 18.0 Å². The van der Waals surface area contributed by atoms with Gasteiger partial charge in [-0.1, -0.05) is 42.3 Å². The average Bonchev–Trinajstić information content (AvgIpc) is 3.68. The van der Waals surface area contributed by atoms with E-state index in [0.717, 1.165) is 11.1 Å². The van der Waals surface area contributed by atoms with E-state index < -0.39 is 27.5 Å². The molecule has 3 fully saturated rings. The summed E-state index contributed by atoms with van der Waals surface area (Å²) in [5, 5.41) is 0.729. The van der Waals surface area contributed by atoms with Crippen molar-refractivity contribution in [3.05, 3.63) is 63.9 Å². The minimum Gasteiger partial charge on any atom is -0.330 e. The number of ketones is 1. The molecule has 2 aliphatic carbocycles. The number of nitrogens with one attached hydrogen (secondary N) is 1. The Bertz CT molecular complexity index is 1270. The summed E-state index contributed by atoms with van der Waals surface area (Å²) >= 11 is 12.5. The number of likely N-dealkylation sites (tertiary alicyclic amines) is 1. The minimum atomic E-state index is -3.42. The molecule has 192 valence electrons. The Kier molecular flexibility index (Phi) is 6.91. The lowest BCUT2D eigenvalue weighted by Crippen LogP contribution is -2.62. The van der Waals surface area contributed by atoms with Crippen LogP contribution in [0, 0.1) is 5.41 Å². The number of nitrogens with zero attached hydrogens (tertiary/aromatic N) is 2. The number of sulfonamides is 1. The van der Waals surface area contributed by atoms with Crippen molar-refractivity contribution in [3.63, 3.8) is 0 Å². The second-order valence-electron chi connectivity index (χ2n) is 10.3. The molecule has 1 spiro atoms. The Morgan fingerprint density at radius 1 is 1.08 bits per heavy atom. The Balaban J connectivity index is 1.59. The largest absolute Gasteiger partial charge is 0.330 e. The first-order chi connectivity index (χ1) is 17.1. The lowest BCUT2D eigenvalue weighted by molar-refractivity contribution is -0.167. The maximum atomic E-state index is 14.2. The van der Waals surface area contributed by atoms with Crippen LogP contribution in [0.5, 0.6) is 0 Å². The van der Waals surface area contributed by atoms with E-state index in [1.54, 1.807) is 24.5 Å². The van der Waals surface area contributed by atoms with Crippen molar-refractivity contribution in [1.82, 2.24) is 14.6 Å². The fourth-order valence-corrected chi connectivity index (χ4v) is 7.46. The smallest absolute Gasteiger partial charge is 0.230 e. The number of halogens is 2. The number of pyridine rings is 1. The third-order valence-electron chi connectivity index (χ3n) is 7.76. The average molecular weight is 551 g/mol. The van der Waals surface area contributed by atoms with Gasteiger partial charge in [0.05, 0.1) is 21.7 Å². The fraction of sp³-hybridized carbons (Fsp3) is 0.500.